The summed E-state index contributed by atoms with van der Waals surface area (Å²) in [6.45, 7) is -2.93. The predicted molar refractivity (Wildman–Crippen MR) is 105 cm³/mol. The van der Waals surface area contributed by atoms with Gasteiger partial charge in [0.2, 0.25) is 5.89 Å². The van der Waals surface area contributed by atoms with Crippen molar-refractivity contribution < 1.29 is 27.5 Å². The average molecular weight is 468 g/mol. The van der Waals surface area contributed by atoms with Crippen molar-refractivity contribution in [2.45, 2.75) is 13.2 Å². The van der Waals surface area contributed by atoms with Crippen LogP contribution in [0.25, 0.3) is 11.5 Å². The van der Waals surface area contributed by atoms with Gasteiger partial charge < -0.3 is 24.5 Å². The average Bonchev–Trinajstić information content (AvgIpc) is 3.17. The summed E-state index contributed by atoms with van der Waals surface area (Å²) >= 11 is 3.37. The monoisotopic (exact) mass is 467 g/mol. The van der Waals surface area contributed by atoms with Crippen LogP contribution in [0.4, 0.5) is 8.78 Å². The van der Waals surface area contributed by atoms with Gasteiger partial charge in [-0.25, -0.2) is 4.98 Å². The fraction of sp³-hybridized carbons (Fsp3) is 0.158. The van der Waals surface area contributed by atoms with Crippen LogP contribution in [0.5, 0.6) is 11.5 Å². The van der Waals surface area contributed by atoms with Crippen molar-refractivity contribution in [2.75, 3.05) is 7.11 Å². The molecule has 0 radical (unpaired) electrons. The van der Waals surface area contributed by atoms with E-state index >= 15 is 0 Å². The molecule has 10 heteroatoms. The number of amidine groups is 1. The van der Waals surface area contributed by atoms with E-state index in [9.17, 15) is 8.78 Å². The number of oxime groups is 1. The lowest BCUT2D eigenvalue weighted by Gasteiger charge is -2.11. The second-order valence-corrected chi connectivity index (χ2v) is 6.56. The molecule has 2 N–H and O–H groups in total. The van der Waals surface area contributed by atoms with Crippen LogP contribution in [0, 0.1) is 0 Å². The highest BCUT2D eigenvalue weighted by Gasteiger charge is 2.13. The third kappa shape index (κ3) is 5.44. The molecule has 0 amide bonds. The molecule has 0 unspecified atom stereocenters. The SMILES string of the molecule is COc1cc(/C(N)=N/OCc2coc(-c3ccc(Br)cc3)n2)ccc1OC(F)F. The zero-order valence-corrected chi connectivity index (χ0v) is 16.7. The fourth-order valence-electron chi connectivity index (χ4n) is 2.34. The molecule has 0 aliphatic carbocycles. The number of aromatic nitrogens is 1. The third-order valence-corrected chi connectivity index (χ3v) is 4.22. The van der Waals surface area contributed by atoms with Gasteiger partial charge in [0.1, 0.15) is 12.0 Å². The zero-order chi connectivity index (χ0) is 20.8. The van der Waals surface area contributed by atoms with Crippen LogP contribution in [0.15, 0.2) is 62.8 Å². The van der Waals surface area contributed by atoms with Crippen LogP contribution in [-0.2, 0) is 11.4 Å². The topological polar surface area (TPSA) is 92.1 Å². The predicted octanol–water partition coefficient (Wildman–Crippen LogP) is 4.55. The lowest BCUT2D eigenvalue weighted by molar-refractivity contribution is -0.0512. The van der Waals surface area contributed by atoms with Crippen molar-refractivity contribution in [3.8, 4) is 23.0 Å². The van der Waals surface area contributed by atoms with E-state index in [0.717, 1.165) is 10.0 Å². The first-order chi connectivity index (χ1) is 14.0. The van der Waals surface area contributed by atoms with Crippen molar-refractivity contribution in [1.29, 1.82) is 0 Å². The summed E-state index contributed by atoms with van der Waals surface area (Å²) in [7, 11) is 1.33. The number of oxazole rings is 1. The van der Waals surface area contributed by atoms with Crippen LogP contribution in [0.2, 0.25) is 0 Å². The molecule has 0 spiro atoms. The van der Waals surface area contributed by atoms with E-state index in [-0.39, 0.29) is 23.9 Å². The van der Waals surface area contributed by atoms with E-state index in [4.69, 9.17) is 19.7 Å². The lowest BCUT2D eigenvalue weighted by atomic mass is 10.2. The molecular weight excluding hydrogens is 452 g/mol. The Kier molecular flexibility index (Phi) is 6.65. The number of rotatable bonds is 8. The highest BCUT2D eigenvalue weighted by atomic mass is 79.9. The highest BCUT2D eigenvalue weighted by Crippen LogP contribution is 2.29. The number of alkyl halides is 2. The summed E-state index contributed by atoms with van der Waals surface area (Å²) in [6.07, 6.45) is 1.46. The number of hydrogen-bond donors (Lipinski definition) is 1. The number of halogens is 3. The Bertz CT molecular complexity index is 993. The highest BCUT2D eigenvalue weighted by molar-refractivity contribution is 9.10. The minimum Gasteiger partial charge on any atom is -0.493 e. The number of ether oxygens (including phenoxy) is 2. The van der Waals surface area contributed by atoms with Crippen LogP contribution in [-0.4, -0.2) is 24.5 Å². The molecule has 0 saturated heterocycles. The van der Waals surface area contributed by atoms with Gasteiger partial charge in [-0.05, 0) is 42.5 Å². The second-order valence-electron chi connectivity index (χ2n) is 5.64. The molecule has 3 rings (SSSR count). The Morgan fingerprint density at radius 3 is 2.66 bits per heavy atom. The number of benzene rings is 2. The molecule has 0 bridgehead atoms. The molecule has 7 nitrogen and oxygen atoms in total. The van der Waals surface area contributed by atoms with E-state index in [1.165, 1.54) is 31.6 Å². The Hall–Kier alpha value is -3.14. The van der Waals surface area contributed by atoms with Gasteiger partial charge in [0.25, 0.3) is 0 Å². The van der Waals surface area contributed by atoms with Gasteiger partial charge in [-0.3, -0.25) is 0 Å². The van der Waals surface area contributed by atoms with E-state index in [0.29, 0.717) is 17.1 Å². The van der Waals surface area contributed by atoms with Gasteiger partial charge in [0, 0.05) is 15.6 Å². The van der Waals surface area contributed by atoms with E-state index in [2.05, 4.69) is 30.8 Å². The van der Waals surface area contributed by atoms with Gasteiger partial charge in [-0.2, -0.15) is 8.78 Å². The fourth-order valence-corrected chi connectivity index (χ4v) is 2.60. The minimum absolute atomic E-state index is 0.0310. The number of nitrogens with two attached hydrogens (primary N) is 1. The van der Waals surface area contributed by atoms with Gasteiger partial charge in [-0.1, -0.05) is 21.1 Å². The van der Waals surface area contributed by atoms with Gasteiger partial charge in [0.05, 0.1) is 7.11 Å². The van der Waals surface area contributed by atoms with E-state index in [1.54, 1.807) is 0 Å². The molecule has 0 aliphatic heterocycles. The largest absolute Gasteiger partial charge is 0.493 e. The van der Waals surface area contributed by atoms with Crippen molar-refractivity contribution in [2.24, 2.45) is 10.9 Å². The van der Waals surface area contributed by atoms with Crippen LogP contribution in [0.3, 0.4) is 0 Å². The van der Waals surface area contributed by atoms with Gasteiger partial charge in [0.15, 0.2) is 23.9 Å². The van der Waals surface area contributed by atoms with Crippen molar-refractivity contribution in [3.05, 3.63) is 64.5 Å². The minimum atomic E-state index is -2.96. The van der Waals surface area contributed by atoms with Crippen molar-refractivity contribution in [3.63, 3.8) is 0 Å². The van der Waals surface area contributed by atoms with Crippen molar-refractivity contribution in [1.82, 2.24) is 4.98 Å². The normalized spacial score (nSPS) is 11.6. The molecule has 152 valence electrons. The quantitative estimate of drug-likeness (QED) is 0.296. The molecule has 29 heavy (non-hydrogen) atoms. The number of hydrogen-bond acceptors (Lipinski definition) is 6. The van der Waals surface area contributed by atoms with Crippen molar-refractivity contribution >= 4 is 21.8 Å². The molecule has 0 aliphatic rings. The van der Waals surface area contributed by atoms with E-state index < -0.39 is 6.61 Å². The lowest BCUT2D eigenvalue weighted by Crippen LogP contribution is -2.14. The van der Waals surface area contributed by atoms with Crippen LogP contribution in [0.1, 0.15) is 11.3 Å². The third-order valence-electron chi connectivity index (χ3n) is 3.69. The molecule has 0 atom stereocenters. The molecule has 3 aromatic rings. The zero-order valence-electron chi connectivity index (χ0n) is 15.1. The summed E-state index contributed by atoms with van der Waals surface area (Å²) in [6, 6.07) is 11.7. The van der Waals surface area contributed by atoms with Crippen LogP contribution < -0.4 is 15.2 Å². The molecule has 0 fully saturated rings. The Morgan fingerprint density at radius 2 is 1.97 bits per heavy atom. The summed E-state index contributed by atoms with van der Waals surface area (Å²) in [5.74, 6) is 0.468. The molecule has 2 aromatic carbocycles. The first kappa shape index (κ1) is 20.6. The van der Waals surface area contributed by atoms with Gasteiger partial charge in [-0.15, -0.1) is 0 Å². The number of nitrogens with zero attached hydrogens (tertiary/aromatic N) is 2. The van der Waals surface area contributed by atoms with E-state index in [1.807, 2.05) is 24.3 Å². The summed E-state index contributed by atoms with van der Waals surface area (Å²) < 4.78 is 40.6. The summed E-state index contributed by atoms with van der Waals surface area (Å²) in [4.78, 5) is 9.54. The smallest absolute Gasteiger partial charge is 0.387 e. The first-order valence-corrected chi connectivity index (χ1v) is 9.04. The molecule has 0 saturated carbocycles. The Morgan fingerprint density at radius 1 is 1.21 bits per heavy atom. The summed E-state index contributed by atoms with van der Waals surface area (Å²) in [5.41, 5.74) is 7.64. The van der Waals surface area contributed by atoms with Gasteiger partial charge >= 0.3 is 6.61 Å². The molecule has 1 aromatic heterocycles. The van der Waals surface area contributed by atoms with Crippen LogP contribution >= 0.6 is 15.9 Å². The maximum atomic E-state index is 12.4. The maximum Gasteiger partial charge on any atom is 0.387 e. The number of methoxy groups -OCH3 is 1. The standard InChI is InChI=1S/C19H16BrF2N3O4/c1-26-16-8-12(4-7-15(16)29-19(21)22)17(23)25-28-10-14-9-27-18(24-14)11-2-5-13(20)6-3-11/h2-9,19H,10H2,1H3,(H2,23,25). The summed E-state index contributed by atoms with van der Waals surface area (Å²) in [5, 5.41) is 3.81. The molecule has 1 heterocycles. The molecular formula is C19H16BrF2N3O4. The maximum absolute atomic E-state index is 12.4. The first-order valence-electron chi connectivity index (χ1n) is 8.25. The Balaban J connectivity index is 1.64. The Labute approximate surface area is 173 Å². The second kappa shape index (κ2) is 9.37.